The van der Waals surface area contributed by atoms with Crippen molar-refractivity contribution in [3.8, 4) is 11.3 Å². The van der Waals surface area contributed by atoms with Gasteiger partial charge in [-0.15, -0.1) is 0 Å². The maximum absolute atomic E-state index is 11.7. The second-order valence-corrected chi connectivity index (χ2v) is 4.12. The highest BCUT2D eigenvalue weighted by molar-refractivity contribution is 5.71. The van der Waals surface area contributed by atoms with Crippen LogP contribution in [0.2, 0.25) is 0 Å². The summed E-state index contributed by atoms with van der Waals surface area (Å²) in [5.74, 6) is -0.237. The minimum atomic E-state index is -0.237. The number of hydrogen-bond donors (Lipinski definition) is 0. The molecule has 4 nitrogen and oxygen atoms in total. The summed E-state index contributed by atoms with van der Waals surface area (Å²) in [5, 5.41) is 0. The molecule has 0 saturated heterocycles. The number of carbonyl (C=O) groups is 1. The van der Waals surface area contributed by atoms with Gasteiger partial charge in [0.15, 0.2) is 0 Å². The first-order valence-electron chi connectivity index (χ1n) is 6.51. The number of carbonyl (C=O) groups excluding carboxylic acids is 1. The predicted molar refractivity (Wildman–Crippen MR) is 73.8 cm³/mol. The molecule has 1 aliphatic carbocycles. The van der Waals surface area contributed by atoms with E-state index in [4.69, 9.17) is 4.74 Å². The minimum Gasteiger partial charge on any atom is -0.465 e. The van der Waals surface area contributed by atoms with Gasteiger partial charge in [-0.2, -0.15) is 0 Å². The van der Waals surface area contributed by atoms with Crippen LogP contribution in [0.3, 0.4) is 0 Å². The zero-order valence-electron chi connectivity index (χ0n) is 11.3. The van der Waals surface area contributed by atoms with Crippen molar-refractivity contribution in [1.82, 2.24) is 4.57 Å². The van der Waals surface area contributed by atoms with Crippen LogP contribution >= 0.6 is 0 Å². The van der Waals surface area contributed by atoms with E-state index in [0.717, 1.165) is 16.7 Å². The van der Waals surface area contributed by atoms with Gasteiger partial charge in [0.1, 0.15) is 12.0 Å². The lowest BCUT2D eigenvalue weighted by atomic mass is 10.2. The van der Waals surface area contributed by atoms with Crippen LogP contribution in [-0.2, 0) is 16.1 Å². The van der Waals surface area contributed by atoms with Crippen LogP contribution in [0.15, 0.2) is 41.4 Å². The fourth-order valence-electron chi connectivity index (χ4n) is 2.05. The van der Waals surface area contributed by atoms with Crippen LogP contribution in [0.5, 0.6) is 0 Å². The van der Waals surface area contributed by atoms with Crippen LogP contribution in [0.4, 0.5) is 0 Å². The Balaban J connectivity index is 2.50. The predicted octanol–water partition coefficient (Wildman–Crippen LogP) is 2.08. The van der Waals surface area contributed by atoms with E-state index in [1.165, 1.54) is 0 Å². The van der Waals surface area contributed by atoms with Gasteiger partial charge in [-0.1, -0.05) is 24.3 Å². The average Bonchev–Trinajstić information content (AvgIpc) is 2.57. The Morgan fingerprint density at radius 1 is 1.26 bits per heavy atom. The second-order valence-electron chi connectivity index (χ2n) is 4.12. The van der Waals surface area contributed by atoms with Gasteiger partial charge < -0.3 is 9.30 Å². The zero-order chi connectivity index (χ0) is 13.7. The van der Waals surface area contributed by atoms with Gasteiger partial charge >= 0.3 is 5.97 Å². The Hall–Kier alpha value is -2.10. The number of hydrogen-bond acceptors (Lipinski definition) is 3. The maximum atomic E-state index is 11.7. The van der Waals surface area contributed by atoms with Crippen LogP contribution in [0.1, 0.15) is 13.8 Å². The van der Waals surface area contributed by atoms with E-state index in [2.05, 4.69) is 4.99 Å². The molecule has 0 aromatic rings. The molecule has 2 aliphatic rings. The number of aromatic nitrogens is 1. The topological polar surface area (TPSA) is 43.6 Å². The molecule has 1 heterocycles. The molecule has 0 aromatic heterocycles. The molecule has 2 rings (SSSR count). The van der Waals surface area contributed by atoms with Gasteiger partial charge in [-0.3, -0.25) is 9.79 Å². The zero-order valence-corrected chi connectivity index (χ0v) is 11.3. The summed E-state index contributed by atoms with van der Waals surface area (Å²) in [5.41, 5.74) is 2.88. The lowest BCUT2D eigenvalue weighted by molar-refractivity contribution is -0.143. The first-order valence-corrected chi connectivity index (χ1v) is 6.51. The van der Waals surface area contributed by atoms with E-state index in [1.807, 2.05) is 54.8 Å². The average molecular weight is 258 g/mol. The summed E-state index contributed by atoms with van der Waals surface area (Å²) in [6, 6.07) is 11.9. The molecule has 0 bridgehead atoms. The van der Waals surface area contributed by atoms with E-state index >= 15 is 0 Å². The molecule has 0 amide bonds. The van der Waals surface area contributed by atoms with Gasteiger partial charge in [-0.25, -0.2) is 0 Å². The van der Waals surface area contributed by atoms with Crippen LogP contribution in [0, 0.1) is 0 Å². The summed E-state index contributed by atoms with van der Waals surface area (Å²) in [7, 11) is 0. The van der Waals surface area contributed by atoms with Crippen molar-refractivity contribution in [3.63, 3.8) is 0 Å². The van der Waals surface area contributed by atoms with Crippen LogP contribution in [-0.4, -0.2) is 23.7 Å². The minimum absolute atomic E-state index is 0.195. The smallest absolute Gasteiger partial charge is 0.326 e. The molecule has 0 fully saturated rings. The molecule has 0 aromatic carbocycles. The standard InChI is InChI=1S/C15H18N2O2/c1-3-16-14-10-12-8-6-5-7-9-13(12)17(14)11-15(18)19-4-2/h5-10H,3-4,11H2,1-2H3. The highest BCUT2D eigenvalue weighted by Gasteiger charge is 2.13. The van der Waals surface area contributed by atoms with Gasteiger partial charge in [-0.05, 0) is 26.0 Å². The third kappa shape index (κ3) is 3.02. The lowest BCUT2D eigenvalue weighted by Gasteiger charge is -2.06. The van der Waals surface area contributed by atoms with Crippen molar-refractivity contribution in [2.24, 2.45) is 4.99 Å². The van der Waals surface area contributed by atoms with E-state index < -0.39 is 0 Å². The summed E-state index contributed by atoms with van der Waals surface area (Å²) in [6.45, 7) is 5.06. The third-order valence-electron chi connectivity index (χ3n) is 2.81. The van der Waals surface area contributed by atoms with Crippen molar-refractivity contribution in [2.75, 3.05) is 13.2 Å². The molecular formula is C15H18N2O2. The van der Waals surface area contributed by atoms with Gasteiger partial charge in [0.2, 0.25) is 0 Å². The van der Waals surface area contributed by atoms with Crippen molar-refractivity contribution < 1.29 is 9.53 Å². The highest BCUT2D eigenvalue weighted by atomic mass is 16.5. The Morgan fingerprint density at radius 2 is 2.05 bits per heavy atom. The summed E-state index contributed by atoms with van der Waals surface area (Å²) in [6.07, 6.45) is 0. The van der Waals surface area contributed by atoms with Crippen molar-refractivity contribution in [1.29, 1.82) is 0 Å². The number of ether oxygens (including phenoxy) is 1. The van der Waals surface area contributed by atoms with E-state index in [1.54, 1.807) is 0 Å². The van der Waals surface area contributed by atoms with Gasteiger partial charge in [0.25, 0.3) is 0 Å². The molecule has 0 atom stereocenters. The Kier molecular flexibility index (Phi) is 4.34. The van der Waals surface area contributed by atoms with Gasteiger partial charge in [0.05, 0.1) is 12.3 Å². The summed E-state index contributed by atoms with van der Waals surface area (Å²) >= 11 is 0. The van der Waals surface area contributed by atoms with E-state index in [9.17, 15) is 4.79 Å². The number of fused-ring (bicyclic) bond motifs is 1. The molecule has 0 N–H and O–H groups in total. The Labute approximate surface area is 112 Å². The maximum Gasteiger partial charge on any atom is 0.326 e. The van der Waals surface area contributed by atoms with Crippen molar-refractivity contribution in [3.05, 3.63) is 41.9 Å². The lowest BCUT2D eigenvalue weighted by Crippen LogP contribution is -2.23. The number of esters is 1. The fraction of sp³-hybridized carbons (Fsp3) is 0.333. The third-order valence-corrected chi connectivity index (χ3v) is 2.81. The molecule has 0 unspecified atom stereocenters. The van der Waals surface area contributed by atoms with Gasteiger partial charge in [0, 0.05) is 12.1 Å². The molecule has 4 heteroatoms. The molecule has 1 aliphatic heterocycles. The number of nitrogens with zero attached hydrogens (tertiary/aromatic N) is 2. The molecule has 0 saturated carbocycles. The van der Waals surface area contributed by atoms with E-state index in [0.29, 0.717) is 13.2 Å². The number of rotatable bonds is 4. The Morgan fingerprint density at radius 3 is 2.79 bits per heavy atom. The van der Waals surface area contributed by atoms with Crippen molar-refractivity contribution in [2.45, 2.75) is 20.4 Å². The van der Waals surface area contributed by atoms with E-state index in [-0.39, 0.29) is 12.5 Å². The first-order chi connectivity index (χ1) is 9.26. The van der Waals surface area contributed by atoms with Crippen LogP contribution < -0.4 is 5.49 Å². The first kappa shape index (κ1) is 13.3. The molecule has 0 radical (unpaired) electrons. The normalized spacial score (nSPS) is 11.8. The fourth-order valence-corrected chi connectivity index (χ4v) is 2.05. The monoisotopic (exact) mass is 258 g/mol. The largest absolute Gasteiger partial charge is 0.465 e. The van der Waals surface area contributed by atoms with Crippen molar-refractivity contribution >= 4 is 5.97 Å². The molecule has 100 valence electrons. The molecule has 19 heavy (non-hydrogen) atoms. The quantitative estimate of drug-likeness (QED) is 0.788. The highest BCUT2D eigenvalue weighted by Crippen LogP contribution is 2.18. The molecule has 0 spiro atoms. The summed E-state index contributed by atoms with van der Waals surface area (Å²) in [4.78, 5) is 16.1. The van der Waals surface area contributed by atoms with Crippen LogP contribution in [0.25, 0.3) is 11.3 Å². The Bertz CT molecular complexity index is 601. The molecular weight excluding hydrogens is 240 g/mol. The summed E-state index contributed by atoms with van der Waals surface area (Å²) < 4.78 is 6.92. The second kappa shape index (κ2) is 6.18. The SMILES string of the molecule is CCN=c1cc2cccccc-2n1CC(=O)OCC.